The van der Waals surface area contributed by atoms with E-state index < -0.39 is 5.60 Å². The molecule has 1 aromatic heterocycles. The fraction of sp³-hybridized carbons (Fsp3) is 0.476. The molecule has 0 radical (unpaired) electrons. The molecule has 0 saturated carbocycles. The van der Waals surface area contributed by atoms with Crippen molar-refractivity contribution in [2.75, 3.05) is 13.7 Å². The molecule has 1 N–H and O–H groups in total. The number of nitrogens with one attached hydrogen (secondary N) is 1. The molecule has 1 aliphatic rings. The highest BCUT2D eigenvalue weighted by atomic mass is 16.6. The van der Waals surface area contributed by atoms with E-state index in [1.165, 1.54) is 6.07 Å². The van der Waals surface area contributed by atoms with Gasteiger partial charge in [-0.05, 0) is 52.3 Å². The van der Waals surface area contributed by atoms with Crippen molar-refractivity contribution in [3.05, 3.63) is 40.8 Å². The summed E-state index contributed by atoms with van der Waals surface area (Å²) in [7, 11) is 1.57. The minimum absolute atomic E-state index is 0.0393. The van der Waals surface area contributed by atoms with E-state index in [0.717, 1.165) is 5.39 Å². The Labute approximate surface area is 164 Å². The van der Waals surface area contributed by atoms with Gasteiger partial charge in [0.15, 0.2) is 0 Å². The Morgan fingerprint density at radius 3 is 2.43 bits per heavy atom. The fourth-order valence-electron chi connectivity index (χ4n) is 2.77. The number of benzene rings is 1. The number of hydrogen-bond acceptors (Lipinski definition) is 7. The van der Waals surface area contributed by atoms with Crippen LogP contribution in [0.1, 0.15) is 34.1 Å². The molecule has 1 aromatic carbocycles. The van der Waals surface area contributed by atoms with Crippen molar-refractivity contribution in [1.82, 2.24) is 5.32 Å². The van der Waals surface area contributed by atoms with E-state index in [9.17, 15) is 14.4 Å². The molecule has 2 heterocycles. The Hall–Kier alpha value is -2.67. The topological polar surface area (TPSA) is 94.8 Å². The number of Topliss-reactive ketones (excluding diaryl/α,β-unsaturated/α-hetero) is 1. The first-order valence-electron chi connectivity index (χ1n) is 9.13. The molecule has 1 saturated heterocycles. The van der Waals surface area contributed by atoms with Gasteiger partial charge in [-0.2, -0.15) is 0 Å². The number of methoxy groups -OCH3 is 1. The fourth-order valence-corrected chi connectivity index (χ4v) is 2.77. The maximum absolute atomic E-state index is 11.6. The molecule has 2 aromatic rings. The van der Waals surface area contributed by atoms with E-state index in [1.807, 2.05) is 32.9 Å². The Morgan fingerprint density at radius 1 is 1.18 bits per heavy atom. The SMILES string of the molecule is CC(=O)C1CN[C@H](C(=O)OC(C)(C)C)C1.COc1ccc2ccc(=O)oc2c1. The molecule has 1 fully saturated rings. The van der Waals surface area contributed by atoms with Crippen LogP contribution in [-0.2, 0) is 14.3 Å². The van der Waals surface area contributed by atoms with Crippen LogP contribution in [0.15, 0.2) is 39.5 Å². The molecule has 0 spiro atoms. The summed E-state index contributed by atoms with van der Waals surface area (Å²) in [6.07, 6.45) is 0.560. The quantitative estimate of drug-likeness (QED) is 0.637. The number of hydrogen-bond donors (Lipinski definition) is 1. The molecule has 3 rings (SSSR count). The van der Waals surface area contributed by atoms with Gasteiger partial charge in [-0.25, -0.2) is 4.79 Å². The Kier molecular flexibility index (Phi) is 6.96. The first-order valence-corrected chi connectivity index (χ1v) is 9.13. The lowest BCUT2D eigenvalue weighted by molar-refractivity contribution is -0.157. The molecule has 1 unspecified atom stereocenters. The van der Waals surface area contributed by atoms with E-state index in [2.05, 4.69) is 5.32 Å². The minimum atomic E-state index is -0.465. The van der Waals surface area contributed by atoms with Gasteiger partial charge in [-0.3, -0.25) is 9.59 Å². The van der Waals surface area contributed by atoms with E-state index >= 15 is 0 Å². The summed E-state index contributed by atoms with van der Waals surface area (Å²) in [6, 6.07) is 8.16. The van der Waals surface area contributed by atoms with Crippen molar-refractivity contribution in [2.45, 2.75) is 45.8 Å². The Balaban J connectivity index is 0.000000202. The normalized spacial score (nSPS) is 18.9. The summed E-state index contributed by atoms with van der Waals surface area (Å²) in [5.41, 5.74) is -0.264. The summed E-state index contributed by atoms with van der Waals surface area (Å²) >= 11 is 0. The van der Waals surface area contributed by atoms with Crippen LogP contribution in [0.5, 0.6) is 5.75 Å². The van der Waals surface area contributed by atoms with Gasteiger partial charge >= 0.3 is 11.6 Å². The molecule has 0 bridgehead atoms. The highest BCUT2D eigenvalue weighted by molar-refractivity contribution is 5.82. The maximum atomic E-state index is 11.6. The molecule has 2 atom stereocenters. The van der Waals surface area contributed by atoms with Gasteiger partial charge < -0.3 is 19.2 Å². The first-order chi connectivity index (χ1) is 13.1. The molecule has 0 amide bonds. The third-order valence-corrected chi connectivity index (χ3v) is 4.23. The number of carbonyl (C=O) groups is 2. The third kappa shape index (κ3) is 6.20. The molecule has 1 aliphatic heterocycles. The first kappa shape index (κ1) is 21.6. The zero-order valence-corrected chi connectivity index (χ0v) is 16.9. The summed E-state index contributed by atoms with van der Waals surface area (Å²) in [5.74, 6) is 0.518. The second-order valence-corrected chi connectivity index (χ2v) is 7.70. The summed E-state index contributed by atoms with van der Waals surface area (Å²) in [4.78, 5) is 33.6. The zero-order valence-electron chi connectivity index (χ0n) is 16.9. The van der Waals surface area contributed by atoms with Gasteiger partial charge in [0.05, 0.1) is 7.11 Å². The molecular weight excluding hydrogens is 362 g/mol. The largest absolute Gasteiger partial charge is 0.497 e. The van der Waals surface area contributed by atoms with Crippen LogP contribution >= 0.6 is 0 Å². The van der Waals surface area contributed by atoms with Crippen LogP contribution in [0, 0.1) is 5.92 Å². The zero-order chi connectivity index (χ0) is 20.9. The van der Waals surface area contributed by atoms with Crippen molar-refractivity contribution >= 4 is 22.7 Å². The summed E-state index contributed by atoms with van der Waals surface area (Å²) in [5, 5.41) is 3.90. The van der Waals surface area contributed by atoms with Crippen LogP contribution in [0.2, 0.25) is 0 Å². The Morgan fingerprint density at radius 2 is 1.86 bits per heavy atom. The second-order valence-electron chi connectivity index (χ2n) is 7.70. The van der Waals surface area contributed by atoms with Gasteiger partial charge in [-0.15, -0.1) is 0 Å². The lowest BCUT2D eigenvalue weighted by Crippen LogP contribution is -2.37. The van der Waals surface area contributed by atoms with Gasteiger partial charge in [0.1, 0.15) is 28.8 Å². The van der Waals surface area contributed by atoms with Crippen LogP contribution in [-0.4, -0.2) is 37.0 Å². The molecule has 7 nitrogen and oxygen atoms in total. The molecule has 152 valence electrons. The average molecular weight is 389 g/mol. The predicted molar refractivity (Wildman–Crippen MR) is 105 cm³/mol. The number of ether oxygens (including phenoxy) is 2. The van der Waals surface area contributed by atoms with Crippen molar-refractivity contribution in [3.8, 4) is 5.75 Å². The monoisotopic (exact) mass is 389 g/mol. The molecule has 0 aliphatic carbocycles. The van der Waals surface area contributed by atoms with Gasteiger partial charge in [0.25, 0.3) is 0 Å². The highest BCUT2D eigenvalue weighted by Crippen LogP contribution is 2.19. The lowest BCUT2D eigenvalue weighted by atomic mass is 10.0. The lowest BCUT2D eigenvalue weighted by Gasteiger charge is -2.22. The standard InChI is InChI=1S/C11H19NO3.C10H8O3/c1-7(13)8-5-9(12-6-8)10(14)15-11(2,3)4;1-12-8-4-2-7-3-5-10(11)13-9(7)6-8/h8-9,12H,5-6H2,1-4H3;2-6H,1H3/t8?,9-;/m0./s1. The Bertz CT molecular complexity index is 896. The molecule has 7 heteroatoms. The summed E-state index contributed by atoms with van der Waals surface area (Å²) in [6.45, 7) is 7.65. The third-order valence-electron chi connectivity index (χ3n) is 4.23. The maximum Gasteiger partial charge on any atom is 0.336 e. The van der Waals surface area contributed by atoms with Crippen molar-refractivity contribution < 1.29 is 23.5 Å². The van der Waals surface area contributed by atoms with Crippen LogP contribution in [0.25, 0.3) is 11.0 Å². The van der Waals surface area contributed by atoms with Crippen molar-refractivity contribution in [2.24, 2.45) is 5.92 Å². The van der Waals surface area contributed by atoms with E-state index in [0.29, 0.717) is 24.3 Å². The molecule has 28 heavy (non-hydrogen) atoms. The van der Waals surface area contributed by atoms with E-state index in [1.54, 1.807) is 26.2 Å². The number of esters is 1. The van der Waals surface area contributed by atoms with E-state index in [4.69, 9.17) is 13.9 Å². The minimum Gasteiger partial charge on any atom is -0.497 e. The van der Waals surface area contributed by atoms with E-state index in [-0.39, 0.29) is 29.3 Å². The van der Waals surface area contributed by atoms with Crippen molar-refractivity contribution in [3.63, 3.8) is 0 Å². The van der Waals surface area contributed by atoms with Crippen molar-refractivity contribution in [1.29, 1.82) is 0 Å². The van der Waals surface area contributed by atoms with Gasteiger partial charge in [0, 0.05) is 30.0 Å². The van der Waals surface area contributed by atoms with Crippen LogP contribution < -0.4 is 15.7 Å². The highest BCUT2D eigenvalue weighted by Gasteiger charge is 2.34. The smallest absolute Gasteiger partial charge is 0.336 e. The number of fused-ring (bicyclic) bond motifs is 1. The molecular formula is C21H27NO6. The average Bonchev–Trinajstić information content (AvgIpc) is 3.11. The number of rotatable bonds is 3. The van der Waals surface area contributed by atoms with Gasteiger partial charge in [0.2, 0.25) is 0 Å². The summed E-state index contributed by atoms with van der Waals surface area (Å²) < 4.78 is 15.2. The second kappa shape index (κ2) is 9.01. The predicted octanol–water partition coefficient (Wildman–Crippen LogP) is 2.70. The van der Waals surface area contributed by atoms with Gasteiger partial charge in [-0.1, -0.05) is 0 Å². The number of carbonyl (C=O) groups excluding carboxylic acids is 2. The van der Waals surface area contributed by atoms with Crippen LogP contribution in [0.3, 0.4) is 0 Å². The number of ketones is 1. The van der Waals surface area contributed by atoms with Crippen LogP contribution in [0.4, 0.5) is 0 Å².